The van der Waals surface area contributed by atoms with Crippen molar-refractivity contribution in [2.75, 3.05) is 32.7 Å². The highest BCUT2D eigenvalue weighted by Gasteiger charge is 2.26. The fraction of sp³-hybridized carbons (Fsp3) is 0.435. The average molecular weight is 384 g/mol. The van der Waals surface area contributed by atoms with Crippen molar-refractivity contribution in [2.24, 2.45) is 0 Å². The van der Waals surface area contributed by atoms with E-state index in [4.69, 9.17) is 0 Å². The lowest BCUT2D eigenvalue weighted by Crippen LogP contribution is -2.52. The van der Waals surface area contributed by atoms with Crippen LogP contribution in [0.5, 0.6) is 0 Å². The number of benzene rings is 2. The summed E-state index contributed by atoms with van der Waals surface area (Å²) in [5.41, 5.74) is 2.39. The van der Waals surface area contributed by atoms with Crippen LogP contribution in [0.3, 0.4) is 0 Å². The van der Waals surface area contributed by atoms with Crippen LogP contribution >= 0.6 is 0 Å². The molecule has 1 atom stereocenters. The number of hydrogen-bond acceptors (Lipinski definition) is 2. The van der Waals surface area contributed by atoms with Crippen molar-refractivity contribution in [2.45, 2.75) is 32.2 Å². The largest absolute Gasteiger partial charge is 0.338 e. The molecule has 1 heterocycles. The van der Waals surface area contributed by atoms with Gasteiger partial charge in [-0.25, -0.2) is 9.18 Å². The summed E-state index contributed by atoms with van der Waals surface area (Å²) in [6, 6.07) is 17.3. The summed E-state index contributed by atoms with van der Waals surface area (Å²) < 4.78 is 13.3. The molecule has 0 aliphatic carbocycles. The molecule has 3 rings (SSSR count). The molecule has 150 valence electrons. The van der Waals surface area contributed by atoms with Gasteiger partial charge in [0.15, 0.2) is 0 Å². The SMILES string of the molecule is CCCC(c1ccc(F)cc1)N1CCN(C(=O)NCCc2ccccc2)CC1. The van der Waals surface area contributed by atoms with E-state index >= 15 is 0 Å². The van der Waals surface area contributed by atoms with E-state index in [0.29, 0.717) is 6.54 Å². The maximum atomic E-state index is 13.3. The van der Waals surface area contributed by atoms with Crippen LogP contribution in [0.2, 0.25) is 0 Å². The first-order chi connectivity index (χ1) is 13.7. The molecule has 0 saturated carbocycles. The van der Waals surface area contributed by atoms with Gasteiger partial charge >= 0.3 is 6.03 Å². The molecular weight excluding hydrogens is 353 g/mol. The highest BCUT2D eigenvalue weighted by molar-refractivity contribution is 5.74. The van der Waals surface area contributed by atoms with Crippen molar-refractivity contribution in [1.29, 1.82) is 0 Å². The highest BCUT2D eigenvalue weighted by Crippen LogP contribution is 2.27. The molecule has 2 amide bonds. The Bertz CT molecular complexity index is 727. The number of rotatable bonds is 7. The smallest absolute Gasteiger partial charge is 0.317 e. The first-order valence-electron chi connectivity index (χ1n) is 10.2. The van der Waals surface area contributed by atoms with Crippen LogP contribution in [0.4, 0.5) is 9.18 Å². The van der Waals surface area contributed by atoms with Gasteiger partial charge in [0.1, 0.15) is 5.82 Å². The number of urea groups is 1. The van der Waals surface area contributed by atoms with Crippen LogP contribution < -0.4 is 5.32 Å². The fourth-order valence-electron chi connectivity index (χ4n) is 3.83. The Morgan fingerprint density at radius 3 is 2.36 bits per heavy atom. The zero-order valence-electron chi connectivity index (χ0n) is 16.6. The molecule has 1 N–H and O–H groups in total. The van der Waals surface area contributed by atoms with Crippen LogP contribution in [0.25, 0.3) is 0 Å². The van der Waals surface area contributed by atoms with Crippen LogP contribution in [0.15, 0.2) is 54.6 Å². The second-order valence-corrected chi connectivity index (χ2v) is 7.35. The van der Waals surface area contributed by atoms with Crippen molar-refractivity contribution < 1.29 is 9.18 Å². The van der Waals surface area contributed by atoms with Gasteiger partial charge in [-0.3, -0.25) is 4.90 Å². The number of piperazine rings is 1. The van der Waals surface area contributed by atoms with Gasteiger partial charge in [0, 0.05) is 38.8 Å². The van der Waals surface area contributed by atoms with Crippen LogP contribution in [-0.4, -0.2) is 48.6 Å². The Morgan fingerprint density at radius 1 is 1.04 bits per heavy atom. The third-order valence-electron chi connectivity index (χ3n) is 5.39. The molecule has 28 heavy (non-hydrogen) atoms. The van der Waals surface area contributed by atoms with Crippen LogP contribution in [0, 0.1) is 5.82 Å². The van der Waals surface area contributed by atoms with Gasteiger partial charge in [-0.2, -0.15) is 0 Å². The van der Waals surface area contributed by atoms with E-state index < -0.39 is 0 Å². The Labute approximate surface area is 167 Å². The van der Waals surface area contributed by atoms with E-state index in [2.05, 4.69) is 29.3 Å². The van der Waals surface area contributed by atoms with Gasteiger partial charge in [-0.1, -0.05) is 55.8 Å². The van der Waals surface area contributed by atoms with E-state index in [9.17, 15) is 9.18 Å². The monoisotopic (exact) mass is 383 g/mol. The van der Waals surface area contributed by atoms with Crippen molar-refractivity contribution in [3.63, 3.8) is 0 Å². The molecule has 0 bridgehead atoms. The summed E-state index contributed by atoms with van der Waals surface area (Å²) in [5, 5.41) is 3.03. The second-order valence-electron chi connectivity index (χ2n) is 7.35. The van der Waals surface area contributed by atoms with Crippen molar-refractivity contribution in [1.82, 2.24) is 15.1 Å². The standard InChI is InChI=1S/C23H30FN3O/c1-2-6-22(20-9-11-21(24)12-10-20)26-15-17-27(18-16-26)23(28)25-14-13-19-7-4-3-5-8-19/h3-5,7-12,22H,2,6,13-18H2,1H3,(H,25,28). The van der Waals surface area contributed by atoms with E-state index in [0.717, 1.165) is 51.0 Å². The van der Waals surface area contributed by atoms with E-state index in [1.807, 2.05) is 35.2 Å². The van der Waals surface area contributed by atoms with Crippen molar-refractivity contribution >= 4 is 6.03 Å². The zero-order chi connectivity index (χ0) is 19.8. The summed E-state index contributed by atoms with van der Waals surface area (Å²) in [4.78, 5) is 16.8. The minimum atomic E-state index is -0.198. The number of nitrogens with zero attached hydrogens (tertiary/aromatic N) is 2. The Hall–Kier alpha value is -2.40. The van der Waals surface area contributed by atoms with Crippen LogP contribution in [-0.2, 0) is 6.42 Å². The Balaban J connectivity index is 1.48. The van der Waals surface area contributed by atoms with Gasteiger partial charge in [0.25, 0.3) is 0 Å². The predicted octanol–water partition coefficient (Wildman–Crippen LogP) is 4.24. The summed E-state index contributed by atoms with van der Waals surface area (Å²) in [6.45, 7) is 5.95. The fourth-order valence-corrected chi connectivity index (χ4v) is 3.83. The highest BCUT2D eigenvalue weighted by atomic mass is 19.1. The number of carbonyl (C=O) groups is 1. The number of carbonyl (C=O) groups excluding carboxylic acids is 1. The molecule has 1 aliphatic rings. The normalized spacial score (nSPS) is 16.0. The van der Waals surface area contributed by atoms with E-state index in [1.54, 1.807) is 0 Å². The first-order valence-corrected chi connectivity index (χ1v) is 10.2. The number of amides is 2. The molecular formula is C23H30FN3O. The summed E-state index contributed by atoms with van der Waals surface area (Å²) in [7, 11) is 0. The lowest BCUT2D eigenvalue weighted by molar-refractivity contribution is 0.103. The molecule has 2 aromatic carbocycles. The third kappa shape index (κ3) is 5.55. The lowest BCUT2D eigenvalue weighted by Gasteiger charge is -2.39. The zero-order valence-corrected chi connectivity index (χ0v) is 16.6. The number of hydrogen-bond donors (Lipinski definition) is 1. The van der Waals surface area contributed by atoms with Crippen molar-refractivity contribution in [3.05, 3.63) is 71.5 Å². The molecule has 1 aliphatic heterocycles. The van der Waals surface area contributed by atoms with E-state index in [-0.39, 0.29) is 17.9 Å². The summed E-state index contributed by atoms with van der Waals surface area (Å²) >= 11 is 0. The molecule has 0 aromatic heterocycles. The van der Waals surface area contributed by atoms with Gasteiger partial charge in [0.2, 0.25) is 0 Å². The number of nitrogens with one attached hydrogen (secondary N) is 1. The molecule has 0 spiro atoms. The average Bonchev–Trinajstić information content (AvgIpc) is 2.74. The minimum Gasteiger partial charge on any atom is -0.338 e. The maximum Gasteiger partial charge on any atom is 0.317 e. The molecule has 4 nitrogen and oxygen atoms in total. The molecule has 1 fully saturated rings. The molecule has 2 aromatic rings. The Morgan fingerprint density at radius 2 is 1.71 bits per heavy atom. The quantitative estimate of drug-likeness (QED) is 0.776. The second kappa shape index (κ2) is 10.2. The molecule has 5 heteroatoms. The molecule has 1 unspecified atom stereocenters. The summed E-state index contributed by atoms with van der Waals surface area (Å²) in [6.07, 6.45) is 2.95. The predicted molar refractivity (Wildman–Crippen MR) is 111 cm³/mol. The van der Waals surface area contributed by atoms with Gasteiger partial charge in [-0.15, -0.1) is 0 Å². The van der Waals surface area contributed by atoms with Gasteiger partial charge in [-0.05, 0) is 36.1 Å². The van der Waals surface area contributed by atoms with E-state index in [1.165, 1.54) is 17.7 Å². The summed E-state index contributed by atoms with van der Waals surface area (Å²) in [5.74, 6) is -0.198. The topological polar surface area (TPSA) is 35.6 Å². The van der Waals surface area contributed by atoms with Crippen molar-refractivity contribution in [3.8, 4) is 0 Å². The van der Waals surface area contributed by atoms with Gasteiger partial charge < -0.3 is 10.2 Å². The van der Waals surface area contributed by atoms with Crippen LogP contribution in [0.1, 0.15) is 36.9 Å². The lowest BCUT2D eigenvalue weighted by atomic mass is 10.00. The molecule has 1 saturated heterocycles. The van der Waals surface area contributed by atoms with Gasteiger partial charge in [0.05, 0.1) is 0 Å². The maximum absolute atomic E-state index is 13.3. The third-order valence-corrected chi connectivity index (χ3v) is 5.39. The Kier molecular flexibility index (Phi) is 7.43. The first kappa shape index (κ1) is 20.3. The molecule has 0 radical (unpaired) electrons. The minimum absolute atomic E-state index is 0.0180. The number of halogens is 1.